The molecule has 2 amide bonds. The molecule has 4 rings (SSSR count). The molecule has 8 heteroatoms. The Balaban J connectivity index is 1.29. The number of hydrogen-bond donors (Lipinski definition) is 2. The van der Waals surface area contributed by atoms with Crippen molar-refractivity contribution in [3.05, 3.63) is 29.1 Å². The van der Waals surface area contributed by atoms with Crippen LogP contribution in [0.4, 0.5) is 10.1 Å². The summed E-state index contributed by atoms with van der Waals surface area (Å²) >= 11 is 0. The molecule has 1 aromatic carbocycles. The molecule has 7 nitrogen and oxygen atoms in total. The number of nitrogens with one attached hydrogen (secondary N) is 2. The summed E-state index contributed by atoms with van der Waals surface area (Å²) in [5, 5.41) is 6.48. The number of rotatable bonds is 6. The van der Waals surface area contributed by atoms with E-state index in [1.165, 1.54) is 6.07 Å². The van der Waals surface area contributed by atoms with Crippen molar-refractivity contribution >= 4 is 17.5 Å². The third kappa shape index (κ3) is 5.32. The van der Waals surface area contributed by atoms with Crippen LogP contribution in [0.1, 0.15) is 43.2 Å². The van der Waals surface area contributed by atoms with Crippen LogP contribution >= 0.6 is 0 Å². The number of nitrogens with zero attached hydrogens (tertiary/aromatic N) is 3. The molecule has 0 bridgehead atoms. The maximum Gasteiger partial charge on any atom is 0.243 e. The summed E-state index contributed by atoms with van der Waals surface area (Å²) in [5.74, 6) is -0.116. The Morgan fingerprint density at radius 3 is 2.73 bits per heavy atom. The second-order valence-electron chi connectivity index (χ2n) is 10.3. The van der Waals surface area contributed by atoms with Crippen molar-refractivity contribution < 1.29 is 14.0 Å². The van der Waals surface area contributed by atoms with Crippen molar-refractivity contribution in [2.24, 2.45) is 0 Å². The van der Waals surface area contributed by atoms with Crippen LogP contribution in [0.25, 0.3) is 0 Å². The Labute approximate surface area is 196 Å². The summed E-state index contributed by atoms with van der Waals surface area (Å²) in [7, 11) is 5.75. The molecule has 2 fully saturated rings. The lowest BCUT2D eigenvalue weighted by atomic mass is 9.89. The van der Waals surface area contributed by atoms with Crippen LogP contribution in [0.5, 0.6) is 0 Å². The number of carbonyl (C=O) groups excluding carboxylic acids is 2. The summed E-state index contributed by atoms with van der Waals surface area (Å²) in [6.45, 7) is 4.27. The molecule has 1 aromatic rings. The van der Waals surface area contributed by atoms with Crippen molar-refractivity contribution in [2.45, 2.75) is 69.6 Å². The lowest BCUT2D eigenvalue weighted by molar-refractivity contribution is -0.132. The molecule has 3 aliphatic rings. The van der Waals surface area contributed by atoms with E-state index in [9.17, 15) is 14.0 Å². The number of likely N-dealkylation sites (tertiary alicyclic amines) is 1. The molecule has 33 heavy (non-hydrogen) atoms. The van der Waals surface area contributed by atoms with Crippen LogP contribution in [0.2, 0.25) is 0 Å². The first-order valence-corrected chi connectivity index (χ1v) is 12.2. The van der Waals surface area contributed by atoms with Gasteiger partial charge in [0, 0.05) is 55.9 Å². The van der Waals surface area contributed by atoms with Crippen LogP contribution in [0.15, 0.2) is 12.1 Å². The maximum absolute atomic E-state index is 14.2. The van der Waals surface area contributed by atoms with Crippen LogP contribution in [0, 0.1) is 12.7 Å². The van der Waals surface area contributed by atoms with Crippen LogP contribution < -0.4 is 10.6 Å². The third-order valence-electron chi connectivity index (χ3n) is 7.60. The zero-order chi connectivity index (χ0) is 23.7. The van der Waals surface area contributed by atoms with Gasteiger partial charge < -0.3 is 20.4 Å². The zero-order valence-corrected chi connectivity index (χ0v) is 20.4. The highest BCUT2D eigenvalue weighted by Crippen LogP contribution is 2.32. The molecule has 1 saturated carbocycles. The van der Waals surface area contributed by atoms with Gasteiger partial charge in [-0.05, 0) is 64.8 Å². The number of carbonyl (C=O) groups is 2. The Kier molecular flexibility index (Phi) is 7.24. The summed E-state index contributed by atoms with van der Waals surface area (Å²) in [4.78, 5) is 31.7. The number of halogens is 1. The fourth-order valence-corrected chi connectivity index (χ4v) is 5.66. The lowest BCUT2D eigenvalue weighted by Crippen LogP contribution is -2.49. The number of benzene rings is 1. The van der Waals surface area contributed by atoms with E-state index < -0.39 is 6.04 Å². The molecule has 2 aliphatic heterocycles. The fourth-order valence-electron chi connectivity index (χ4n) is 5.66. The van der Waals surface area contributed by atoms with Crippen molar-refractivity contribution in [2.75, 3.05) is 46.1 Å². The summed E-state index contributed by atoms with van der Waals surface area (Å²) in [6, 6.07) is 3.65. The van der Waals surface area contributed by atoms with E-state index in [0.717, 1.165) is 56.4 Å². The minimum Gasteiger partial charge on any atom is -0.373 e. The number of anilines is 1. The molecule has 182 valence electrons. The first kappa shape index (κ1) is 24.0. The van der Waals surface area contributed by atoms with E-state index in [0.29, 0.717) is 24.6 Å². The predicted molar refractivity (Wildman–Crippen MR) is 128 cm³/mol. The highest BCUT2D eigenvalue weighted by atomic mass is 19.1. The van der Waals surface area contributed by atoms with E-state index in [-0.39, 0.29) is 29.7 Å². The quantitative estimate of drug-likeness (QED) is 0.681. The summed E-state index contributed by atoms with van der Waals surface area (Å²) < 4.78 is 14.2. The number of aryl methyl sites for hydroxylation is 1. The van der Waals surface area contributed by atoms with Crippen LogP contribution in [0.3, 0.4) is 0 Å². The van der Waals surface area contributed by atoms with Gasteiger partial charge in [0.15, 0.2) is 0 Å². The highest BCUT2D eigenvalue weighted by molar-refractivity contribution is 5.88. The molecule has 0 spiro atoms. The first-order valence-electron chi connectivity index (χ1n) is 12.2. The normalized spacial score (nSPS) is 27.3. The van der Waals surface area contributed by atoms with Gasteiger partial charge >= 0.3 is 0 Å². The van der Waals surface area contributed by atoms with Gasteiger partial charge in [0.1, 0.15) is 11.9 Å². The monoisotopic (exact) mass is 459 g/mol. The Morgan fingerprint density at radius 1 is 1.21 bits per heavy atom. The van der Waals surface area contributed by atoms with Crippen molar-refractivity contribution in [1.82, 2.24) is 20.0 Å². The zero-order valence-electron chi connectivity index (χ0n) is 20.4. The first-order chi connectivity index (χ1) is 15.7. The Bertz CT molecular complexity index is 861. The fraction of sp³-hybridized carbons (Fsp3) is 0.680. The van der Waals surface area contributed by atoms with Gasteiger partial charge in [-0.3, -0.25) is 14.5 Å². The molecular weight excluding hydrogens is 421 g/mol. The topological polar surface area (TPSA) is 67.9 Å². The molecule has 3 unspecified atom stereocenters. The average molecular weight is 460 g/mol. The third-order valence-corrected chi connectivity index (χ3v) is 7.60. The number of fused-ring (bicyclic) bond motifs is 1. The minimum atomic E-state index is -0.413. The lowest BCUT2D eigenvalue weighted by Gasteiger charge is -2.36. The van der Waals surface area contributed by atoms with Crippen molar-refractivity contribution in [3.63, 3.8) is 0 Å². The molecule has 0 radical (unpaired) electrons. The van der Waals surface area contributed by atoms with E-state index in [4.69, 9.17) is 0 Å². The largest absolute Gasteiger partial charge is 0.373 e. The summed E-state index contributed by atoms with van der Waals surface area (Å²) in [6.07, 6.45) is 5.52. The van der Waals surface area contributed by atoms with Crippen LogP contribution in [-0.2, 0) is 16.0 Å². The Morgan fingerprint density at radius 2 is 2.00 bits per heavy atom. The van der Waals surface area contributed by atoms with E-state index in [1.807, 2.05) is 37.9 Å². The maximum atomic E-state index is 14.2. The molecule has 1 saturated heterocycles. The predicted octanol–water partition coefficient (Wildman–Crippen LogP) is 1.99. The molecule has 2 heterocycles. The van der Waals surface area contributed by atoms with Gasteiger partial charge in [0.2, 0.25) is 11.8 Å². The van der Waals surface area contributed by atoms with Crippen molar-refractivity contribution in [1.29, 1.82) is 0 Å². The number of hydrogen-bond acceptors (Lipinski definition) is 5. The average Bonchev–Trinajstić information content (AvgIpc) is 3.44. The molecule has 4 atom stereocenters. The minimum absolute atomic E-state index is 0.0380. The van der Waals surface area contributed by atoms with Gasteiger partial charge in [-0.1, -0.05) is 6.07 Å². The molecular formula is C25H38FN5O2. The van der Waals surface area contributed by atoms with Gasteiger partial charge in [-0.2, -0.15) is 0 Å². The standard InChI is InChI=1S/C25H38FN5O2/c1-16-8-9-21(26)20-13-22(28-24(16)20)25(33)27-17-6-5-7-18(12-17)31-11-10-19(14-31)30(4)23(32)15-29(2)3/h8-9,17-19,22,28H,5-7,10-15H2,1-4H3,(H,27,33)/t17-,18?,19?,22?/m1/s1. The second-order valence-corrected chi connectivity index (χ2v) is 10.3. The number of likely N-dealkylation sites (N-methyl/N-ethyl adjacent to an activating group) is 2. The van der Waals surface area contributed by atoms with Gasteiger partial charge in [-0.15, -0.1) is 0 Å². The molecule has 2 N–H and O–H groups in total. The Hall–Kier alpha value is -2.19. The summed E-state index contributed by atoms with van der Waals surface area (Å²) in [5.41, 5.74) is 2.36. The molecule has 0 aromatic heterocycles. The van der Waals surface area contributed by atoms with Crippen LogP contribution in [-0.4, -0.2) is 91.5 Å². The molecule has 1 aliphatic carbocycles. The van der Waals surface area contributed by atoms with E-state index >= 15 is 0 Å². The highest BCUT2D eigenvalue weighted by Gasteiger charge is 2.36. The van der Waals surface area contributed by atoms with Crippen molar-refractivity contribution in [3.8, 4) is 0 Å². The van der Waals surface area contributed by atoms with E-state index in [2.05, 4.69) is 15.5 Å². The second kappa shape index (κ2) is 9.97. The van der Waals surface area contributed by atoms with Gasteiger partial charge in [-0.25, -0.2) is 4.39 Å². The number of amides is 2. The SMILES string of the molecule is Cc1ccc(F)c2c1NC(C(=O)N[C@@H]1CCCC(N3CCC(N(C)C(=O)CN(C)C)C3)C1)C2. The van der Waals surface area contributed by atoms with Gasteiger partial charge in [0.05, 0.1) is 6.54 Å². The smallest absolute Gasteiger partial charge is 0.243 e. The van der Waals surface area contributed by atoms with E-state index in [1.54, 1.807) is 6.07 Å². The van der Waals surface area contributed by atoms with Gasteiger partial charge in [0.25, 0.3) is 0 Å².